The number of carbonyl (C=O) groups excluding carboxylic acids is 2. The average molecular weight is 623 g/mol. The van der Waals surface area contributed by atoms with Gasteiger partial charge in [0.2, 0.25) is 5.91 Å². The van der Waals surface area contributed by atoms with Crippen molar-refractivity contribution in [2.45, 2.75) is 91.4 Å². The number of H-pyrrole nitrogens is 2. The fourth-order valence-corrected chi connectivity index (χ4v) is 6.97. The number of hydrogen-bond donors (Lipinski definition) is 6. The lowest BCUT2D eigenvalue weighted by molar-refractivity contribution is -0.138. The number of aliphatic carboxylic acids is 2. The molecule has 0 bridgehead atoms. The Balaban J connectivity index is 1.85. The van der Waals surface area contributed by atoms with Crippen LogP contribution >= 0.6 is 12.6 Å². The number of aromatic amines is 2. The van der Waals surface area contributed by atoms with E-state index in [0.29, 0.717) is 35.9 Å². The lowest BCUT2D eigenvalue weighted by Crippen LogP contribution is -2.32. The van der Waals surface area contributed by atoms with E-state index in [-0.39, 0.29) is 54.2 Å². The highest BCUT2D eigenvalue weighted by atomic mass is 32.1. The van der Waals surface area contributed by atoms with E-state index in [1.165, 1.54) is 0 Å². The second-order valence-corrected chi connectivity index (χ2v) is 12.7. The van der Waals surface area contributed by atoms with Crippen molar-refractivity contribution in [1.29, 1.82) is 0 Å². The summed E-state index contributed by atoms with van der Waals surface area (Å²) < 4.78 is 0. The van der Waals surface area contributed by atoms with Gasteiger partial charge in [0.25, 0.3) is 5.91 Å². The molecule has 0 aliphatic carbocycles. The van der Waals surface area contributed by atoms with E-state index in [2.05, 4.69) is 32.9 Å². The fourth-order valence-electron chi connectivity index (χ4n) is 6.53. The molecule has 10 nitrogen and oxygen atoms in total. The summed E-state index contributed by atoms with van der Waals surface area (Å²) in [5.74, 6) is -2.27. The number of carboxylic acid groups (broad SMARTS) is 2. The molecule has 0 spiro atoms. The molecular weight excluding hydrogens is 580 g/mol. The van der Waals surface area contributed by atoms with Gasteiger partial charge in [-0.25, -0.2) is 4.99 Å². The maximum absolute atomic E-state index is 12.5. The summed E-state index contributed by atoms with van der Waals surface area (Å²) in [4.78, 5) is 59.2. The maximum atomic E-state index is 12.5. The van der Waals surface area contributed by atoms with E-state index in [0.717, 1.165) is 44.6 Å². The molecule has 0 aromatic carbocycles. The van der Waals surface area contributed by atoms with Crippen LogP contribution in [0.3, 0.4) is 0 Å². The Morgan fingerprint density at radius 3 is 2.20 bits per heavy atom. The number of carboxylic acids is 2. The molecule has 0 radical (unpaired) electrons. The van der Waals surface area contributed by atoms with Crippen molar-refractivity contribution < 1.29 is 29.4 Å². The molecule has 11 heteroatoms. The van der Waals surface area contributed by atoms with Crippen LogP contribution in [0.2, 0.25) is 0 Å². The molecule has 2 aliphatic rings. The number of hydrogen-bond acceptors (Lipinski definition) is 5. The highest BCUT2D eigenvalue weighted by Gasteiger charge is 2.40. The van der Waals surface area contributed by atoms with E-state index in [1.807, 2.05) is 53.7 Å². The molecule has 4 atom stereocenters. The number of aromatic nitrogens is 2. The number of rotatable bonds is 12. The van der Waals surface area contributed by atoms with Gasteiger partial charge in [0.1, 0.15) is 0 Å². The van der Waals surface area contributed by atoms with Crippen LogP contribution in [0.5, 0.6) is 0 Å². The molecule has 1 fully saturated rings. The standard InChI is InChI=1S/C33H42N4O6S/c1-7-20-15(2)25(36-33(20)43)12-23-16(3)21(8-10-29(38)39)26(34-23)14-27-22(9-11-30(40)41)17(4)24(35-27)13-28-31(19(6)44)18(5)32(42)37-28/h13-14,18-19,28,31,34-35,44H,7-12H2,1-6H3,(H,37,42)(H,38,39)(H,40,41)/b24-13+,27-14-/t18-,19?,28?,31+/m1/s1. The van der Waals surface area contributed by atoms with Gasteiger partial charge in [-0.3, -0.25) is 19.2 Å². The quantitative estimate of drug-likeness (QED) is 0.199. The van der Waals surface area contributed by atoms with Crippen LogP contribution in [0.4, 0.5) is 0 Å². The Labute approximate surface area is 262 Å². The summed E-state index contributed by atoms with van der Waals surface area (Å²) in [6.07, 6.45) is 5.36. The van der Waals surface area contributed by atoms with E-state index in [9.17, 15) is 29.4 Å². The Hall–Kier alpha value is -3.86. The van der Waals surface area contributed by atoms with Crippen LogP contribution in [-0.2, 0) is 38.4 Å². The number of amides is 2. The smallest absolute Gasteiger partial charge is 0.303 e. The zero-order valence-electron chi connectivity index (χ0n) is 26.1. The SMILES string of the molecule is CCC1=C(C)C(Cc2[nH]c(/C=c3\[nH]/c(=C/C4NC(=O)[C@H](C)[C@H]4C(C)S)c(C)c3CCC(=O)O)c(CCC(=O)O)c2C)=NC1=O. The van der Waals surface area contributed by atoms with E-state index in [1.54, 1.807) is 0 Å². The molecule has 44 heavy (non-hydrogen) atoms. The summed E-state index contributed by atoms with van der Waals surface area (Å²) >= 11 is 4.64. The molecule has 2 aliphatic heterocycles. The molecule has 5 N–H and O–H groups in total. The van der Waals surface area contributed by atoms with Crippen molar-refractivity contribution in [1.82, 2.24) is 15.3 Å². The van der Waals surface area contributed by atoms with E-state index >= 15 is 0 Å². The first-order chi connectivity index (χ1) is 20.7. The number of nitrogens with zero attached hydrogens (tertiary/aromatic N) is 1. The van der Waals surface area contributed by atoms with E-state index < -0.39 is 11.9 Å². The normalized spacial score (nSPS) is 21.8. The third kappa shape index (κ3) is 6.77. The van der Waals surface area contributed by atoms with Crippen LogP contribution in [0, 0.1) is 25.7 Å². The van der Waals surface area contributed by atoms with Gasteiger partial charge in [0.05, 0.1) is 11.8 Å². The molecule has 1 saturated heterocycles. The second-order valence-electron chi connectivity index (χ2n) is 11.9. The van der Waals surface area contributed by atoms with Crippen molar-refractivity contribution in [2.24, 2.45) is 16.8 Å². The van der Waals surface area contributed by atoms with Gasteiger partial charge in [0, 0.05) is 64.0 Å². The van der Waals surface area contributed by atoms with Gasteiger partial charge in [-0.05, 0) is 80.0 Å². The number of allylic oxidation sites excluding steroid dienone is 1. The van der Waals surface area contributed by atoms with Crippen molar-refractivity contribution in [3.8, 4) is 0 Å². The zero-order chi connectivity index (χ0) is 32.5. The van der Waals surface area contributed by atoms with Crippen LogP contribution in [0.1, 0.15) is 80.6 Å². The second kappa shape index (κ2) is 13.4. The molecular formula is C33H42N4O6S. The summed E-state index contributed by atoms with van der Waals surface area (Å²) in [6, 6.07) is -0.243. The van der Waals surface area contributed by atoms with Gasteiger partial charge < -0.3 is 25.5 Å². The minimum absolute atomic E-state index is 0.0178. The summed E-state index contributed by atoms with van der Waals surface area (Å²) in [6.45, 7) is 11.6. The van der Waals surface area contributed by atoms with Gasteiger partial charge >= 0.3 is 11.9 Å². The number of nitrogens with one attached hydrogen (secondary N) is 3. The fraction of sp³-hybridized carbons (Fsp3) is 0.485. The molecule has 2 aromatic heterocycles. The van der Waals surface area contributed by atoms with Crippen molar-refractivity contribution in [3.63, 3.8) is 0 Å². The summed E-state index contributed by atoms with van der Waals surface area (Å²) in [5, 5.41) is 23.5. The topological polar surface area (TPSA) is 165 Å². The Bertz CT molecular complexity index is 1690. The first-order valence-corrected chi connectivity index (χ1v) is 15.6. The largest absolute Gasteiger partial charge is 0.481 e. The van der Waals surface area contributed by atoms with Crippen molar-refractivity contribution in [2.75, 3.05) is 0 Å². The highest BCUT2D eigenvalue weighted by molar-refractivity contribution is 7.80. The predicted molar refractivity (Wildman–Crippen MR) is 172 cm³/mol. The van der Waals surface area contributed by atoms with E-state index in [4.69, 9.17) is 0 Å². The van der Waals surface area contributed by atoms with Gasteiger partial charge in [0.15, 0.2) is 0 Å². The Morgan fingerprint density at radius 1 is 1.00 bits per heavy atom. The Morgan fingerprint density at radius 2 is 1.64 bits per heavy atom. The van der Waals surface area contributed by atoms with Crippen LogP contribution in [0.15, 0.2) is 16.1 Å². The van der Waals surface area contributed by atoms with Crippen LogP contribution in [0.25, 0.3) is 12.2 Å². The molecule has 2 amide bonds. The molecule has 0 saturated carbocycles. The molecule has 2 aromatic rings. The number of aliphatic imine (C=N–C) groups is 1. The summed E-state index contributed by atoms with van der Waals surface area (Å²) in [5.41, 5.74) is 7.31. The zero-order valence-corrected chi connectivity index (χ0v) is 27.0. The summed E-state index contributed by atoms with van der Waals surface area (Å²) in [7, 11) is 0. The Kier molecular flexibility index (Phi) is 10.1. The molecule has 4 heterocycles. The van der Waals surface area contributed by atoms with Gasteiger partial charge in [-0.15, -0.1) is 0 Å². The first kappa shape index (κ1) is 33.0. The number of carbonyl (C=O) groups is 4. The minimum atomic E-state index is -0.912. The average Bonchev–Trinajstić information content (AvgIpc) is 3.59. The monoisotopic (exact) mass is 622 g/mol. The molecule has 236 valence electrons. The minimum Gasteiger partial charge on any atom is -0.481 e. The van der Waals surface area contributed by atoms with Crippen LogP contribution < -0.4 is 16.0 Å². The third-order valence-electron chi connectivity index (χ3n) is 9.13. The maximum Gasteiger partial charge on any atom is 0.303 e. The van der Waals surface area contributed by atoms with Gasteiger partial charge in [-0.2, -0.15) is 12.6 Å². The van der Waals surface area contributed by atoms with Crippen LogP contribution in [-0.4, -0.2) is 60.9 Å². The lowest BCUT2D eigenvalue weighted by Gasteiger charge is -2.21. The lowest BCUT2D eigenvalue weighted by atomic mass is 9.88. The van der Waals surface area contributed by atoms with Crippen molar-refractivity contribution in [3.05, 3.63) is 55.5 Å². The molecule has 2 unspecified atom stereocenters. The highest BCUT2D eigenvalue weighted by Crippen LogP contribution is 2.30. The van der Waals surface area contributed by atoms with Gasteiger partial charge in [-0.1, -0.05) is 20.8 Å². The molecule has 4 rings (SSSR count). The predicted octanol–water partition coefficient (Wildman–Crippen LogP) is 2.92. The third-order valence-corrected chi connectivity index (χ3v) is 9.47. The van der Waals surface area contributed by atoms with Crippen molar-refractivity contribution >= 4 is 54.2 Å². The number of thiol groups is 1. The first-order valence-electron chi connectivity index (χ1n) is 15.1.